The van der Waals surface area contributed by atoms with E-state index in [9.17, 15) is 5.11 Å². The first-order valence-electron chi connectivity index (χ1n) is 6.11. The first-order valence-corrected chi connectivity index (χ1v) is 6.11. The first kappa shape index (κ1) is 11.7. The van der Waals surface area contributed by atoms with E-state index in [1.807, 2.05) is 43.3 Å². The van der Waals surface area contributed by atoms with Crippen LogP contribution < -0.4 is 4.74 Å². The lowest BCUT2D eigenvalue weighted by Crippen LogP contribution is -1.93. The van der Waals surface area contributed by atoms with Gasteiger partial charge < -0.3 is 14.3 Å². The smallest absolute Gasteiger partial charge is 0.146 e. The van der Waals surface area contributed by atoms with Crippen molar-refractivity contribution < 1.29 is 14.3 Å². The van der Waals surface area contributed by atoms with E-state index >= 15 is 0 Å². The average molecular weight is 254 g/mol. The molecule has 0 saturated heterocycles. The van der Waals surface area contributed by atoms with Crippen LogP contribution in [-0.4, -0.2) is 5.11 Å². The van der Waals surface area contributed by atoms with Crippen molar-refractivity contribution in [3.63, 3.8) is 0 Å². The average Bonchev–Trinajstić information content (AvgIpc) is 2.78. The summed E-state index contributed by atoms with van der Waals surface area (Å²) >= 11 is 0. The maximum absolute atomic E-state index is 9.39. The topological polar surface area (TPSA) is 42.6 Å². The lowest BCUT2D eigenvalue weighted by atomic mass is 10.2. The Morgan fingerprint density at radius 2 is 2.00 bits per heavy atom. The maximum Gasteiger partial charge on any atom is 0.146 e. The van der Waals surface area contributed by atoms with Crippen LogP contribution in [0.3, 0.4) is 0 Å². The minimum Gasteiger partial charge on any atom is -0.508 e. The van der Waals surface area contributed by atoms with Crippen LogP contribution in [0.1, 0.15) is 11.3 Å². The highest BCUT2D eigenvalue weighted by molar-refractivity contribution is 5.79. The summed E-state index contributed by atoms with van der Waals surface area (Å²) in [5.74, 6) is 1.76. The minimum atomic E-state index is 0.202. The SMILES string of the molecule is Cc1cccc(OCc2cc3ccc(O)cc3o2)c1. The molecule has 1 N–H and O–H groups in total. The van der Waals surface area contributed by atoms with Crippen LogP contribution in [0.25, 0.3) is 11.0 Å². The van der Waals surface area contributed by atoms with Crippen molar-refractivity contribution >= 4 is 11.0 Å². The third kappa shape index (κ3) is 2.55. The number of phenols is 1. The van der Waals surface area contributed by atoms with E-state index in [-0.39, 0.29) is 5.75 Å². The van der Waals surface area contributed by atoms with Crippen LogP contribution in [0.15, 0.2) is 52.9 Å². The Labute approximate surface area is 111 Å². The molecular formula is C16H14O3. The molecule has 0 bridgehead atoms. The molecule has 19 heavy (non-hydrogen) atoms. The molecule has 0 aliphatic heterocycles. The van der Waals surface area contributed by atoms with E-state index in [1.54, 1.807) is 12.1 Å². The number of furan rings is 1. The second kappa shape index (κ2) is 4.69. The summed E-state index contributed by atoms with van der Waals surface area (Å²) in [5, 5.41) is 10.3. The molecule has 0 aliphatic carbocycles. The molecule has 0 saturated carbocycles. The van der Waals surface area contributed by atoms with E-state index in [2.05, 4.69) is 0 Å². The van der Waals surface area contributed by atoms with E-state index in [4.69, 9.17) is 9.15 Å². The number of rotatable bonds is 3. The lowest BCUT2D eigenvalue weighted by Gasteiger charge is -2.04. The second-order valence-corrected chi connectivity index (χ2v) is 4.54. The number of phenolic OH excluding ortho intramolecular Hbond substituents is 1. The zero-order valence-corrected chi connectivity index (χ0v) is 10.6. The third-order valence-electron chi connectivity index (χ3n) is 2.93. The fourth-order valence-electron chi connectivity index (χ4n) is 2.01. The molecule has 0 atom stereocenters. The Balaban J connectivity index is 1.78. The van der Waals surface area contributed by atoms with Gasteiger partial charge in [-0.2, -0.15) is 0 Å². The predicted octanol–water partition coefficient (Wildman–Crippen LogP) is 4.03. The number of ether oxygens (including phenoxy) is 1. The predicted molar refractivity (Wildman–Crippen MR) is 73.4 cm³/mol. The van der Waals surface area contributed by atoms with Crippen molar-refractivity contribution in [2.24, 2.45) is 0 Å². The van der Waals surface area contributed by atoms with Crippen LogP contribution in [0.5, 0.6) is 11.5 Å². The molecule has 2 aromatic carbocycles. The Hall–Kier alpha value is -2.42. The molecule has 1 heterocycles. The van der Waals surface area contributed by atoms with Crippen LogP contribution in [-0.2, 0) is 6.61 Å². The molecule has 0 radical (unpaired) electrons. The van der Waals surface area contributed by atoms with Gasteiger partial charge in [-0.05, 0) is 42.8 Å². The number of aryl methyl sites for hydroxylation is 1. The van der Waals surface area contributed by atoms with E-state index in [0.29, 0.717) is 12.2 Å². The highest BCUT2D eigenvalue weighted by Gasteiger charge is 2.05. The van der Waals surface area contributed by atoms with Gasteiger partial charge in [0, 0.05) is 11.5 Å². The molecule has 0 unspecified atom stereocenters. The van der Waals surface area contributed by atoms with Crippen molar-refractivity contribution in [3.8, 4) is 11.5 Å². The van der Waals surface area contributed by atoms with E-state index < -0.39 is 0 Å². The summed E-state index contributed by atoms with van der Waals surface area (Å²) in [6, 6.07) is 14.9. The Bertz CT molecular complexity index is 713. The van der Waals surface area contributed by atoms with E-state index in [1.165, 1.54) is 0 Å². The van der Waals surface area contributed by atoms with E-state index in [0.717, 1.165) is 22.5 Å². The largest absolute Gasteiger partial charge is 0.508 e. The second-order valence-electron chi connectivity index (χ2n) is 4.54. The summed E-state index contributed by atoms with van der Waals surface area (Å²) in [6.45, 7) is 2.40. The Morgan fingerprint density at radius 3 is 2.84 bits per heavy atom. The molecule has 0 aliphatic rings. The van der Waals surface area contributed by atoms with Gasteiger partial charge >= 0.3 is 0 Å². The molecule has 3 rings (SSSR count). The summed E-state index contributed by atoms with van der Waals surface area (Å²) in [6.07, 6.45) is 0. The zero-order chi connectivity index (χ0) is 13.2. The molecule has 3 nitrogen and oxygen atoms in total. The summed E-state index contributed by atoms with van der Waals surface area (Å²) < 4.78 is 11.3. The van der Waals surface area contributed by atoms with Gasteiger partial charge in [-0.3, -0.25) is 0 Å². The van der Waals surface area contributed by atoms with Gasteiger partial charge in [-0.25, -0.2) is 0 Å². The minimum absolute atomic E-state index is 0.202. The van der Waals surface area contributed by atoms with Crippen molar-refractivity contribution in [2.45, 2.75) is 13.5 Å². The van der Waals surface area contributed by atoms with Gasteiger partial charge in [0.15, 0.2) is 0 Å². The highest BCUT2D eigenvalue weighted by Crippen LogP contribution is 2.24. The number of hydrogen-bond donors (Lipinski definition) is 1. The van der Waals surface area contributed by atoms with Crippen molar-refractivity contribution in [2.75, 3.05) is 0 Å². The Kier molecular flexibility index (Phi) is 2.88. The van der Waals surface area contributed by atoms with Crippen molar-refractivity contribution in [1.82, 2.24) is 0 Å². The summed E-state index contributed by atoms with van der Waals surface area (Å²) in [5.41, 5.74) is 1.83. The molecule has 0 spiro atoms. The molecule has 0 amide bonds. The summed E-state index contributed by atoms with van der Waals surface area (Å²) in [4.78, 5) is 0. The molecule has 3 aromatic rings. The van der Waals surface area contributed by atoms with Crippen LogP contribution in [0.2, 0.25) is 0 Å². The standard InChI is InChI=1S/C16H14O3/c1-11-3-2-4-14(7-11)18-10-15-8-12-5-6-13(17)9-16(12)19-15/h2-9,17H,10H2,1H3. The zero-order valence-electron chi connectivity index (χ0n) is 10.6. The molecule has 1 aromatic heterocycles. The molecule has 0 fully saturated rings. The third-order valence-corrected chi connectivity index (χ3v) is 2.93. The van der Waals surface area contributed by atoms with Crippen molar-refractivity contribution in [1.29, 1.82) is 0 Å². The van der Waals surface area contributed by atoms with Gasteiger partial charge in [0.05, 0.1) is 0 Å². The van der Waals surface area contributed by atoms with Crippen molar-refractivity contribution in [3.05, 3.63) is 59.9 Å². The van der Waals surface area contributed by atoms with Gasteiger partial charge in [-0.1, -0.05) is 12.1 Å². The highest BCUT2D eigenvalue weighted by atomic mass is 16.5. The quantitative estimate of drug-likeness (QED) is 0.767. The van der Waals surface area contributed by atoms with Gasteiger partial charge in [-0.15, -0.1) is 0 Å². The number of hydrogen-bond acceptors (Lipinski definition) is 3. The van der Waals surface area contributed by atoms with Gasteiger partial charge in [0.25, 0.3) is 0 Å². The van der Waals surface area contributed by atoms with Gasteiger partial charge in [0.1, 0.15) is 29.4 Å². The Morgan fingerprint density at radius 1 is 1.11 bits per heavy atom. The normalized spacial score (nSPS) is 10.8. The fourth-order valence-corrected chi connectivity index (χ4v) is 2.01. The number of aromatic hydroxyl groups is 1. The number of fused-ring (bicyclic) bond motifs is 1. The van der Waals surface area contributed by atoms with Crippen LogP contribution in [0.4, 0.5) is 0 Å². The molecular weight excluding hydrogens is 240 g/mol. The number of benzene rings is 2. The monoisotopic (exact) mass is 254 g/mol. The van der Waals surface area contributed by atoms with Crippen LogP contribution in [0, 0.1) is 6.92 Å². The van der Waals surface area contributed by atoms with Crippen LogP contribution >= 0.6 is 0 Å². The molecule has 3 heteroatoms. The summed E-state index contributed by atoms with van der Waals surface area (Å²) in [7, 11) is 0. The molecule has 96 valence electrons. The fraction of sp³-hybridized carbons (Fsp3) is 0.125. The lowest BCUT2D eigenvalue weighted by molar-refractivity contribution is 0.274. The maximum atomic E-state index is 9.39. The first-order chi connectivity index (χ1) is 9.20. The van der Waals surface area contributed by atoms with Gasteiger partial charge in [0.2, 0.25) is 0 Å².